The van der Waals surface area contributed by atoms with E-state index < -0.39 is 0 Å². The summed E-state index contributed by atoms with van der Waals surface area (Å²) >= 11 is 0. The third-order valence-electron chi connectivity index (χ3n) is 11.8. The summed E-state index contributed by atoms with van der Waals surface area (Å²) in [7, 11) is 0. The molecule has 3 aliphatic carbocycles. The predicted octanol–water partition coefficient (Wildman–Crippen LogP) is 11.9. The highest BCUT2D eigenvalue weighted by Gasteiger charge is 2.37. The molecule has 0 amide bonds. The predicted molar refractivity (Wildman–Crippen MR) is 194 cm³/mol. The Morgan fingerprint density at radius 2 is 0.652 bits per heavy atom. The van der Waals surface area contributed by atoms with Crippen LogP contribution in [0.4, 0.5) is 0 Å². The van der Waals surface area contributed by atoms with E-state index in [0.29, 0.717) is 0 Å². The van der Waals surface area contributed by atoms with Crippen LogP contribution in [0.25, 0.3) is 44.5 Å². The van der Waals surface area contributed by atoms with E-state index in [1.807, 2.05) is 0 Å². The van der Waals surface area contributed by atoms with Crippen molar-refractivity contribution >= 4 is 0 Å². The molecule has 0 saturated heterocycles. The van der Waals surface area contributed by atoms with Crippen molar-refractivity contribution in [3.05, 3.63) is 166 Å². The first-order valence-corrected chi connectivity index (χ1v) is 16.8. The van der Waals surface area contributed by atoms with E-state index in [9.17, 15) is 0 Å². The smallest absolute Gasteiger partial charge is 0.0158 e. The van der Waals surface area contributed by atoms with Crippen molar-refractivity contribution in [3.63, 3.8) is 0 Å². The monoisotopic (exact) mass is 592 g/mol. The van der Waals surface area contributed by atoms with Crippen LogP contribution in [0.5, 0.6) is 0 Å². The normalized spacial score (nSPS) is 16.9. The SMILES string of the molecule is CC1(C)c2ccc(-c3ccc4c(c3)-c3ccccc3C4(C)C)cc2Cc2cc(-c3ccc4c(c3)-c3ccccc3C4(C)C)ccc21. The lowest BCUT2D eigenvalue weighted by molar-refractivity contribution is 0.611. The second-order valence-corrected chi connectivity index (χ2v) is 15.4. The first kappa shape index (κ1) is 27.6. The van der Waals surface area contributed by atoms with Crippen molar-refractivity contribution < 1.29 is 0 Å². The molecule has 0 heteroatoms. The maximum atomic E-state index is 2.47. The zero-order chi connectivity index (χ0) is 31.6. The lowest BCUT2D eigenvalue weighted by Gasteiger charge is -2.36. The fourth-order valence-electron chi connectivity index (χ4n) is 9.21. The van der Waals surface area contributed by atoms with Gasteiger partial charge in [0.05, 0.1) is 0 Å². The highest BCUT2D eigenvalue weighted by atomic mass is 14.4. The second-order valence-electron chi connectivity index (χ2n) is 15.4. The van der Waals surface area contributed by atoms with E-state index in [4.69, 9.17) is 0 Å². The lowest BCUT2D eigenvalue weighted by atomic mass is 9.68. The third-order valence-corrected chi connectivity index (χ3v) is 11.8. The van der Waals surface area contributed by atoms with Gasteiger partial charge in [-0.3, -0.25) is 0 Å². The number of fused-ring (bicyclic) bond motifs is 8. The quantitative estimate of drug-likeness (QED) is 0.188. The standard InChI is InChI=1S/C46H40/c1-44(2)38-19-15-28(30-17-21-42-36(26-30)34-11-7-9-13-40(34)45(42,3)4)23-32(38)25-33-24-29(16-20-39(33)44)31-18-22-43-37(27-31)35-12-8-10-14-41(35)46(43,5)6/h7-24,26-27H,25H2,1-6H3. The average Bonchev–Trinajstić information content (AvgIpc) is 3.43. The molecule has 0 heterocycles. The van der Waals surface area contributed by atoms with Gasteiger partial charge in [0.2, 0.25) is 0 Å². The third kappa shape index (κ3) is 3.68. The minimum Gasteiger partial charge on any atom is -0.0619 e. The average molecular weight is 593 g/mol. The van der Waals surface area contributed by atoms with Crippen LogP contribution in [0.15, 0.2) is 121 Å². The fourth-order valence-corrected chi connectivity index (χ4v) is 9.21. The van der Waals surface area contributed by atoms with Gasteiger partial charge in [0.15, 0.2) is 0 Å². The molecule has 0 aromatic heterocycles. The van der Waals surface area contributed by atoms with Crippen LogP contribution in [-0.4, -0.2) is 0 Å². The number of benzene rings is 6. The molecule has 0 unspecified atom stereocenters. The molecule has 46 heavy (non-hydrogen) atoms. The minimum atomic E-state index is -0.0538. The Morgan fingerprint density at radius 3 is 1.09 bits per heavy atom. The molecule has 0 bridgehead atoms. The molecule has 3 aliphatic rings. The maximum Gasteiger partial charge on any atom is 0.0158 e. The Morgan fingerprint density at radius 1 is 0.326 bits per heavy atom. The minimum absolute atomic E-state index is 0.0319. The van der Waals surface area contributed by atoms with Crippen LogP contribution in [0.1, 0.15) is 86.1 Å². The molecular formula is C46H40. The summed E-state index contributed by atoms with van der Waals surface area (Å²) < 4.78 is 0. The zero-order valence-corrected chi connectivity index (χ0v) is 27.8. The van der Waals surface area contributed by atoms with Crippen molar-refractivity contribution in [2.75, 3.05) is 0 Å². The molecule has 0 nitrogen and oxygen atoms in total. The summed E-state index contributed by atoms with van der Waals surface area (Å²) in [5.74, 6) is 0. The van der Waals surface area contributed by atoms with Crippen molar-refractivity contribution in [2.45, 2.75) is 64.2 Å². The lowest BCUT2D eigenvalue weighted by Crippen LogP contribution is -2.27. The van der Waals surface area contributed by atoms with E-state index in [-0.39, 0.29) is 16.2 Å². The molecule has 0 fully saturated rings. The van der Waals surface area contributed by atoms with Gasteiger partial charge in [-0.15, -0.1) is 0 Å². The van der Waals surface area contributed by atoms with Gasteiger partial charge in [0, 0.05) is 16.2 Å². The van der Waals surface area contributed by atoms with Crippen molar-refractivity contribution in [1.82, 2.24) is 0 Å². The topological polar surface area (TPSA) is 0 Å². The van der Waals surface area contributed by atoms with E-state index >= 15 is 0 Å². The molecule has 0 N–H and O–H groups in total. The number of hydrogen-bond acceptors (Lipinski definition) is 0. The van der Waals surface area contributed by atoms with E-state index in [0.717, 1.165) is 6.42 Å². The van der Waals surface area contributed by atoms with E-state index in [1.54, 1.807) is 0 Å². The summed E-state index contributed by atoms with van der Waals surface area (Å²) in [6.45, 7) is 14.2. The first-order valence-electron chi connectivity index (χ1n) is 16.8. The van der Waals surface area contributed by atoms with Gasteiger partial charge in [-0.2, -0.15) is 0 Å². The van der Waals surface area contributed by atoms with Gasteiger partial charge in [-0.05, 0) is 108 Å². The zero-order valence-electron chi connectivity index (χ0n) is 27.8. The van der Waals surface area contributed by atoms with Gasteiger partial charge in [0.1, 0.15) is 0 Å². The fraction of sp³-hybridized carbons (Fsp3) is 0.217. The molecule has 0 saturated carbocycles. The Hall–Kier alpha value is -4.68. The Labute approximate surface area is 273 Å². The molecule has 6 aromatic rings. The molecule has 0 aliphatic heterocycles. The van der Waals surface area contributed by atoms with E-state index in [2.05, 4.69) is 163 Å². The summed E-state index contributed by atoms with van der Waals surface area (Å²) in [4.78, 5) is 0. The number of hydrogen-bond donors (Lipinski definition) is 0. The van der Waals surface area contributed by atoms with Crippen LogP contribution in [0, 0.1) is 0 Å². The first-order chi connectivity index (χ1) is 22.0. The highest BCUT2D eigenvalue weighted by Crippen LogP contribution is 2.51. The van der Waals surface area contributed by atoms with E-state index in [1.165, 1.54) is 89.0 Å². The van der Waals surface area contributed by atoms with Crippen LogP contribution in [0.2, 0.25) is 0 Å². The van der Waals surface area contributed by atoms with Crippen molar-refractivity contribution in [2.24, 2.45) is 0 Å². The molecule has 0 spiro atoms. The highest BCUT2D eigenvalue weighted by molar-refractivity contribution is 5.86. The van der Waals surface area contributed by atoms with Gasteiger partial charge >= 0.3 is 0 Å². The van der Waals surface area contributed by atoms with Crippen LogP contribution >= 0.6 is 0 Å². The Bertz CT molecular complexity index is 2100. The van der Waals surface area contributed by atoms with Gasteiger partial charge < -0.3 is 0 Å². The van der Waals surface area contributed by atoms with Crippen molar-refractivity contribution in [3.8, 4) is 44.5 Å². The summed E-state index contributed by atoms with van der Waals surface area (Å²) in [5, 5.41) is 0. The molecule has 9 rings (SSSR count). The molecule has 0 atom stereocenters. The van der Waals surface area contributed by atoms with Gasteiger partial charge in [-0.25, -0.2) is 0 Å². The van der Waals surface area contributed by atoms with Gasteiger partial charge in [-0.1, -0.05) is 151 Å². The molecular weight excluding hydrogens is 553 g/mol. The Kier molecular flexibility index (Phi) is 5.52. The number of rotatable bonds is 2. The Balaban J connectivity index is 1.10. The second kappa shape index (κ2) is 9.20. The summed E-state index contributed by atoms with van der Waals surface area (Å²) in [5.41, 5.74) is 22.2. The van der Waals surface area contributed by atoms with Crippen LogP contribution in [-0.2, 0) is 22.7 Å². The largest absolute Gasteiger partial charge is 0.0619 e. The van der Waals surface area contributed by atoms with Crippen molar-refractivity contribution in [1.29, 1.82) is 0 Å². The van der Waals surface area contributed by atoms with Crippen LogP contribution < -0.4 is 0 Å². The molecule has 6 aromatic carbocycles. The molecule has 0 radical (unpaired) electrons. The summed E-state index contributed by atoms with van der Waals surface area (Å²) in [6.07, 6.45) is 0.956. The summed E-state index contributed by atoms with van der Waals surface area (Å²) in [6, 6.07) is 46.5. The maximum absolute atomic E-state index is 2.47. The molecule has 224 valence electrons. The van der Waals surface area contributed by atoms with Gasteiger partial charge in [0.25, 0.3) is 0 Å². The van der Waals surface area contributed by atoms with Crippen LogP contribution in [0.3, 0.4) is 0 Å².